The zero-order valence-electron chi connectivity index (χ0n) is 13.3. The first kappa shape index (κ1) is 15.5. The van der Waals surface area contributed by atoms with Crippen molar-refractivity contribution in [2.24, 2.45) is 23.5 Å². The molecule has 22 heavy (non-hydrogen) atoms. The third kappa shape index (κ3) is 3.33. The molecule has 4 N–H and O–H groups in total. The van der Waals surface area contributed by atoms with Gasteiger partial charge in [0.05, 0.1) is 0 Å². The first-order valence-corrected chi connectivity index (χ1v) is 8.47. The third-order valence-electron chi connectivity index (χ3n) is 5.36. The van der Waals surface area contributed by atoms with E-state index in [1.807, 2.05) is 25.2 Å². The lowest BCUT2D eigenvalue weighted by Crippen LogP contribution is -2.48. The molecular formula is C18H27N3O. The van der Waals surface area contributed by atoms with E-state index in [2.05, 4.69) is 16.7 Å². The first-order chi connectivity index (χ1) is 10.7. The number of carbonyl (C=O) groups is 1. The van der Waals surface area contributed by atoms with Crippen LogP contribution in [0.3, 0.4) is 0 Å². The van der Waals surface area contributed by atoms with E-state index in [-0.39, 0.29) is 11.8 Å². The van der Waals surface area contributed by atoms with E-state index in [0.717, 1.165) is 25.1 Å². The van der Waals surface area contributed by atoms with Crippen LogP contribution in [0.4, 0.5) is 5.69 Å². The summed E-state index contributed by atoms with van der Waals surface area (Å²) in [6.45, 7) is 0.812. The van der Waals surface area contributed by atoms with Gasteiger partial charge in [-0.05, 0) is 62.3 Å². The number of carbonyl (C=O) groups excluding carboxylic acids is 1. The molecule has 0 radical (unpaired) electrons. The van der Waals surface area contributed by atoms with E-state index >= 15 is 0 Å². The fourth-order valence-corrected chi connectivity index (χ4v) is 4.21. The van der Waals surface area contributed by atoms with Crippen molar-refractivity contribution in [3.8, 4) is 0 Å². The molecular weight excluding hydrogens is 274 g/mol. The zero-order valence-corrected chi connectivity index (χ0v) is 13.3. The predicted octanol–water partition coefficient (Wildman–Crippen LogP) is 2.50. The summed E-state index contributed by atoms with van der Waals surface area (Å²) in [6.07, 6.45) is 5.58. The van der Waals surface area contributed by atoms with Gasteiger partial charge in [0.1, 0.15) is 0 Å². The van der Waals surface area contributed by atoms with E-state index in [1.165, 1.54) is 24.8 Å². The maximum atomic E-state index is 12.6. The van der Waals surface area contributed by atoms with Gasteiger partial charge in [0.2, 0.25) is 5.91 Å². The summed E-state index contributed by atoms with van der Waals surface area (Å²) in [5.41, 5.74) is 8.40. The molecule has 2 saturated carbocycles. The standard InChI is InChI=1S/C18H27N3O/c1-20-11-12-4-2-7-16(8-12)21-18(22)15-9-13-5-3-6-14(10-15)17(13)19/h2,4,7-8,13-15,17,20H,3,5-6,9-11,19H2,1H3,(H,21,22). The number of nitrogens with one attached hydrogen (secondary N) is 2. The number of rotatable bonds is 4. The highest BCUT2D eigenvalue weighted by atomic mass is 16.1. The van der Waals surface area contributed by atoms with Gasteiger partial charge in [-0.1, -0.05) is 18.6 Å². The molecule has 1 amide bonds. The largest absolute Gasteiger partial charge is 0.327 e. The fourth-order valence-electron chi connectivity index (χ4n) is 4.21. The molecule has 2 atom stereocenters. The van der Waals surface area contributed by atoms with Crippen molar-refractivity contribution in [2.75, 3.05) is 12.4 Å². The van der Waals surface area contributed by atoms with Crippen LogP contribution in [-0.4, -0.2) is 19.0 Å². The lowest BCUT2D eigenvalue weighted by Gasteiger charge is -2.43. The van der Waals surface area contributed by atoms with Crippen LogP contribution >= 0.6 is 0 Å². The van der Waals surface area contributed by atoms with Crippen molar-refractivity contribution >= 4 is 11.6 Å². The SMILES string of the molecule is CNCc1cccc(NC(=O)C2CC3CCCC(C2)C3N)c1. The number of amides is 1. The second kappa shape index (κ2) is 6.80. The molecule has 2 aliphatic rings. The molecule has 1 aromatic carbocycles. The van der Waals surface area contributed by atoms with Crippen LogP contribution in [-0.2, 0) is 11.3 Å². The molecule has 0 spiro atoms. The number of anilines is 1. The lowest BCUT2D eigenvalue weighted by molar-refractivity contribution is -0.122. The Balaban J connectivity index is 1.63. The van der Waals surface area contributed by atoms with E-state index < -0.39 is 0 Å². The Morgan fingerprint density at radius 3 is 2.68 bits per heavy atom. The Morgan fingerprint density at radius 2 is 2.00 bits per heavy atom. The van der Waals surface area contributed by atoms with Crippen LogP contribution in [0.1, 0.15) is 37.7 Å². The minimum absolute atomic E-state index is 0.128. The van der Waals surface area contributed by atoms with Crippen molar-refractivity contribution in [1.82, 2.24) is 5.32 Å². The average Bonchev–Trinajstić information content (AvgIpc) is 2.47. The van der Waals surface area contributed by atoms with Gasteiger partial charge in [0.25, 0.3) is 0 Å². The molecule has 120 valence electrons. The lowest BCUT2D eigenvalue weighted by atomic mass is 9.65. The summed E-state index contributed by atoms with van der Waals surface area (Å²) in [6, 6.07) is 8.39. The van der Waals surface area contributed by atoms with Crippen LogP contribution in [0, 0.1) is 17.8 Å². The van der Waals surface area contributed by atoms with Gasteiger partial charge in [-0.25, -0.2) is 0 Å². The van der Waals surface area contributed by atoms with E-state index in [9.17, 15) is 4.79 Å². The molecule has 0 aliphatic heterocycles. The molecule has 2 bridgehead atoms. The minimum atomic E-state index is 0.128. The van der Waals surface area contributed by atoms with Crippen LogP contribution in [0.2, 0.25) is 0 Å². The fraction of sp³-hybridized carbons (Fsp3) is 0.611. The Bertz CT molecular complexity index is 517. The molecule has 2 aliphatic carbocycles. The highest BCUT2D eigenvalue weighted by Gasteiger charge is 2.40. The van der Waals surface area contributed by atoms with Crippen molar-refractivity contribution in [2.45, 2.75) is 44.7 Å². The van der Waals surface area contributed by atoms with Crippen LogP contribution in [0.5, 0.6) is 0 Å². The summed E-state index contributed by atoms with van der Waals surface area (Å²) in [5.74, 6) is 1.38. The van der Waals surface area contributed by atoms with E-state index in [4.69, 9.17) is 5.73 Å². The molecule has 0 aromatic heterocycles. The molecule has 2 fully saturated rings. The van der Waals surface area contributed by atoms with Gasteiger partial charge in [0.15, 0.2) is 0 Å². The average molecular weight is 301 g/mol. The highest BCUT2D eigenvalue weighted by Crippen LogP contribution is 2.42. The molecule has 3 rings (SSSR count). The molecule has 0 saturated heterocycles. The Morgan fingerprint density at radius 1 is 1.27 bits per heavy atom. The Labute approximate surface area is 132 Å². The number of nitrogens with two attached hydrogens (primary N) is 1. The van der Waals surface area contributed by atoms with Crippen LogP contribution in [0.25, 0.3) is 0 Å². The summed E-state index contributed by atoms with van der Waals surface area (Å²) in [5, 5.41) is 6.24. The molecule has 2 unspecified atom stereocenters. The highest BCUT2D eigenvalue weighted by molar-refractivity contribution is 5.92. The van der Waals surface area contributed by atoms with E-state index in [1.54, 1.807) is 0 Å². The summed E-state index contributed by atoms with van der Waals surface area (Å²) >= 11 is 0. The van der Waals surface area contributed by atoms with Gasteiger partial charge in [-0.15, -0.1) is 0 Å². The van der Waals surface area contributed by atoms with Crippen molar-refractivity contribution < 1.29 is 4.79 Å². The molecule has 4 nitrogen and oxygen atoms in total. The normalized spacial score (nSPS) is 30.8. The van der Waals surface area contributed by atoms with Crippen molar-refractivity contribution in [3.05, 3.63) is 29.8 Å². The molecule has 1 aromatic rings. The number of benzene rings is 1. The predicted molar refractivity (Wildman–Crippen MR) is 89.4 cm³/mol. The third-order valence-corrected chi connectivity index (χ3v) is 5.36. The Kier molecular flexibility index (Phi) is 4.79. The maximum absolute atomic E-state index is 12.6. The quantitative estimate of drug-likeness (QED) is 0.800. The van der Waals surface area contributed by atoms with Gasteiger partial charge < -0.3 is 16.4 Å². The summed E-state index contributed by atoms with van der Waals surface area (Å²) in [4.78, 5) is 12.6. The van der Waals surface area contributed by atoms with Crippen LogP contribution in [0.15, 0.2) is 24.3 Å². The Hall–Kier alpha value is -1.39. The first-order valence-electron chi connectivity index (χ1n) is 8.47. The van der Waals surface area contributed by atoms with E-state index in [0.29, 0.717) is 17.9 Å². The van der Waals surface area contributed by atoms with Gasteiger partial charge in [-0.3, -0.25) is 4.79 Å². The zero-order chi connectivity index (χ0) is 15.5. The topological polar surface area (TPSA) is 67.1 Å². The second-order valence-corrected chi connectivity index (χ2v) is 6.92. The summed E-state index contributed by atoms with van der Waals surface area (Å²) < 4.78 is 0. The number of hydrogen-bond acceptors (Lipinski definition) is 3. The minimum Gasteiger partial charge on any atom is -0.327 e. The molecule has 0 heterocycles. The van der Waals surface area contributed by atoms with Crippen LogP contribution < -0.4 is 16.4 Å². The smallest absolute Gasteiger partial charge is 0.227 e. The van der Waals surface area contributed by atoms with Gasteiger partial charge >= 0.3 is 0 Å². The van der Waals surface area contributed by atoms with Gasteiger partial charge in [0, 0.05) is 24.2 Å². The van der Waals surface area contributed by atoms with Crippen molar-refractivity contribution in [1.29, 1.82) is 0 Å². The van der Waals surface area contributed by atoms with Gasteiger partial charge in [-0.2, -0.15) is 0 Å². The summed E-state index contributed by atoms with van der Waals surface area (Å²) in [7, 11) is 1.93. The maximum Gasteiger partial charge on any atom is 0.227 e. The number of fused-ring (bicyclic) bond motifs is 2. The molecule has 4 heteroatoms. The monoisotopic (exact) mass is 301 g/mol. The second-order valence-electron chi connectivity index (χ2n) is 6.92. The number of hydrogen-bond donors (Lipinski definition) is 3. The van der Waals surface area contributed by atoms with Crippen molar-refractivity contribution in [3.63, 3.8) is 0 Å².